The number of nitrogens with zero attached hydrogens (tertiary/aromatic N) is 2. The fourth-order valence-corrected chi connectivity index (χ4v) is 6.80. The second-order valence-electron chi connectivity index (χ2n) is 11.4. The number of aliphatic hydroxyl groups excluding tert-OH is 1. The Balaban J connectivity index is 1.35. The molecular formula is C32H37N3O8S. The Kier molecular flexibility index (Phi) is 9.42. The van der Waals surface area contributed by atoms with Gasteiger partial charge in [-0.3, -0.25) is 9.69 Å². The number of carbonyl (C=O) groups excluding carboxylic acids is 2. The minimum atomic E-state index is -4.06. The van der Waals surface area contributed by atoms with Crippen LogP contribution in [0.15, 0.2) is 77.7 Å². The number of carbonyl (C=O) groups is 2. The van der Waals surface area contributed by atoms with Crippen LogP contribution in [-0.4, -0.2) is 74.5 Å². The molecule has 11 nitrogen and oxygen atoms in total. The Bertz CT molecular complexity index is 1580. The number of sulfonamides is 1. The van der Waals surface area contributed by atoms with E-state index in [1.807, 2.05) is 63.2 Å². The fraction of sp³-hybridized carbons (Fsp3) is 0.375. The molecule has 0 saturated carbocycles. The number of aliphatic hydroxyl groups is 1. The lowest BCUT2D eigenvalue weighted by atomic mass is 10.0. The van der Waals surface area contributed by atoms with Gasteiger partial charge in [-0.05, 0) is 49.1 Å². The number of benzene rings is 3. The van der Waals surface area contributed by atoms with Crippen molar-refractivity contribution in [2.45, 2.75) is 50.3 Å². The van der Waals surface area contributed by atoms with E-state index in [0.29, 0.717) is 17.2 Å². The monoisotopic (exact) mass is 623 g/mol. The van der Waals surface area contributed by atoms with E-state index in [9.17, 15) is 23.1 Å². The molecule has 1 saturated heterocycles. The van der Waals surface area contributed by atoms with Gasteiger partial charge in [0.15, 0.2) is 17.6 Å². The predicted molar refractivity (Wildman–Crippen MR) is 163 cm³/mol. The zero-order valence-electron chi connectivity index (χ0n) is 24.9. The molecule has 2 N–H and O–H groups in total. The Morgan fingerprint density at radius 2 is 1.73 bits per heavy atom. The van der Waals surface area contributed by atoms with Crippen molar-refractivity contribution in [3.8, 4) is 11.5 Å². The number of ether oxygens (including phenoxy) is 3. The molecule has 234 valence electrons. The van der Waals surface area contributed by atoms with E-state index in [1.165, 1.54) is 21.3 Å². The summed E-state index contributed by atoms with van der Waals surface area (Å²) in [6.07, 6.45) is -2.84. The molecule has 3 aromatic rings. The summed E-state index contributed by atoms with van der Waals surface area (Å²) in [5, 5.41) is 14.4. The maximum atomic E-state index is 13.8. The number of anilines is 1. The lowest BCUT2D eigenvalue weighted by Crippen LogP contribution is -2.53. The third-order valence-electron chi connectivity index (χ3n) is 7.48. The molecule has 2 heterocycles. The van der Waals surface area contributed by atoms with Crippen LogP contribution in [0.25, 0.3) is 0 Å². The first-order chi connectivity index (χ1) is 21.0. The molecule has 12 heteroatoms. The second-order valence-corrected chi connectivity index (χ2v) is 13.4. The van der Waals surface area contributed by atoms with Gasteiger partial charge < -0.3 is 24.6 Å². The quantitative estimate of drug-likeness (QED) is 0.313. The van der Waals surface area contributed by atoms with Gasteiger partial charge in [-0.25, -0.2) is 13.2 Å². The Morgan fingerprint density at radius 1 is 1.02 bits per heavy atom. The molecule has 0 aliphatic carbocycles. The van der Waals surface area contributed by atoms with E-state index >= 15 is 0 Å². The zero-order chi connectivity index (χ0) is 31.4. The maximum Gasteiger partial charge on any atom is 0.415 e. The SMILES string of the molecule is Cc1ccc(N2C[C@@H](C(=O)N[C@@H](Cc3ccccc3)[C@H](O)CN(CC(C)C)S(=O)(=O)c3ccc4c(c3)OCO4)OC2=O)cc1. The first-order valence-corrected chi connectivity index (χ1v) is 15.9. The highest BCUT2D eigenvalue weighted by Gasteiger charge is 2.39. The lowest BCUT2D eigenvalue weighted by Gasteiger charge is -2.31. The molecule has 2 amide bonds. The van der Waals surface area contributed by atoms with E-state index < -0.39 is 40.3 Å². The number of hydrogen-bond donors (Lipinski definition) is 2. The van der Waals surface area contributed by atoms with Crippen LogP contribution in [0.3, 0.4) is 0 Å². The van der Waals surface area contributed by atoms with Gasteiger partial charge in [0.25, 0.3) is 5.91 Å². The van der Waals surface area contributed by atoms with E-state index in [2.05, 4.69) is 5.32 Å². The number of rotatable bonds is 12. The fourth-order valence-electron chi connectivity index (χ4n) is 5.16. The Hall–Kier alpha value is -4.13. The van der Waals surface area contributed by atoms with Gasteiger partial charge in [0.2, 0.25) is 16.8 Å². The van der Waals surface area contributed by atoms with E-state index in [0.717, 1.165) is 11.1 Å². The van der Waals surface area contributed by atoms with Crippen LogP contribution in [0.2, 0.25) is 0 Å². The van der Waals surface area contributed by atoms with E-state index in [1.54, 1.807) is 18.2 Å². The molecule has 0 aromatic heterocycles. The molecule has 2 aliphatic rings. The van der Waals surface area contributed by atoms with Crippen molar-refractivity contribution < 1.29 is 37.3 Å². The third-order valence-corrected chi connectivity index (χ3v) is 9.31. The average molecular weight is 624 g/mol. The summed E-state index contributed by atoms with van der Waals surface area (Å²) >= 11 is 0. The van der Waals surface area contributed by atoms with Gasteiger partial charge in [0.1, 0.15) is 0 Å². The van der Waals surface area contributed by atoms with Crippen molar-refractivity contribution in [2.24, 2.45) is 5.92 Å². The summed E-state index contributed by atoms with van der Waals surface area (Å²) in [7, 11) is -4.06. The van der Waals surface area contributed by atoms with Crippen molar-refractivity contribution in [3.05, 3.63) is 83.9 Å². The minimum absolute atomic E-state index is 0.000151. The first-order valence-electron chi connectivity index (χ1n) is 14.5. The van der Waals surface area contributed by atoms with Crippen molar-refractivity contribution in [2.75, 3.05) is 31.3 Å². The molecule has 0 bridgehead atoms. The third kappa shape index (κ3) is 7.15. The molecule has 44 heavy (non-hydrogen) atoms. The highest BCUT2D eigenvalue weighted by atomic mass is 32.2. The van der Waals surface area contributed by atoms with E-state index in [4.69, 9.17) is 14.2 Å². The van der Waals surface area contributed by atoms with Crippen LogP contribution >= 0.6 is 0 Å². The summed E-state index contributed by atoms with van der Waals surface area (Å²) in [4.78, 5) is 27.5. The summed E-state index contributed by atoms with van der Waals surface area (Å²) in [6, 6.07) is 20.0. The normalized spacial score (nSPS) is 17.5. The van der Waals surface area contributed by atoms with Crippen molar-refractivity contribution >= 4 is 27.7 Å². The van der Waals surface area contributed by atoms with Gasteiger partial charge in [-0.15, -0.1) is 0 Å². The van der Waals surface area contributed by atoms with Crippen LogP contribution in [-0.2, 0) is 26.0 Å². The standard InChI is InChI=1S/C32H37N3O8S/c1-21(2)17-34(44(39,40)25-13-14-28-29(16-25)42-20-41-28)18-27(36)26(15-23-7-5-4-6-8-23)33-31(37)30-19-35(32(38)43-30)24-11-9-22(3)10-12-24/h4-14,16,21,26-27,30,36H,15,17-20H2,1-3H3,(H,33,37)/t26-,27+,30-/m0/s1. The van der Waals surface area contributed by atoms with Crippen molar-refractivity contribution in [1.82, 2.24) is 9.62 Å². The Labute approximate surface area is 257 Å². The van der Waals surface area contributed by atoms with Crippen LogP contribution in [0.1, 0.15) is 25.0 Å². The van der Waals surface area contributed by atoms with Crippen molar-refractivity contribution in [3.63, 3.8) is 0 Å². The highest BCUT2D eigenvalue weighted by molar-refractivity contribution is 7.89. The van der Waals surface area contributed by atoms with Crippen LogP contribution in [0, 0.1) is 12.8 Å². The van der Waals surface area contributed by atoms with Crippen LogP contribution in [0.5, 0.6) is 11.5 Å². The van der Waals surface area contributed by atoms with Crippen LogP contribution in [0.4, 0.5) is 10.5 Å². The highest BCUT2D eigenvalue weighted by Crippen LogP contribution is 2.35. The molecule has 0 radical (unpaired) electrons. The number of nitrogens with one attached hydrogen (secondary N) is 1. The number of hydrogen-bond acceptors (Lipinski definition) is 8. The molecular weight excluding hydrogens is 586 g/mol. The first kappa shape index (κ1) is 31.3. The molecule has 5 rings (SSSR count). The van der Waals surface area contributed by atoms with Gasteiger partial charge in [0, 0.05) is 24.8 Å². The average Bonchev–Trinajstić information content (AvgIpc) is 3.63. The van der Waals surface area contributed by atoms with Gasteiger partial charge in [0.05, 0.1) is 23.6 Å². The minimum Gasteiger partial charge on any atom is -0.454 e. The number of fused-ring (bicyclic) bond motifs is 1. The second kappa shape index (κ2) is 13.2. The molecule has 3 aromatic carbocycles. The maximum absolute atomic E-state index is 13.8. The Morgan fingerprint density at radius 3 is 2.43 bits per heavy atom. The molecule has 2 aliphatic heterocycles. The number of amides is 2. The van der Waals surface area contributed by atoms with Gasteiger partial charge in [-0.1, -0.05) is 61.9 Å². The van der Waals surface area contributed by atoms with Gasteiger partial charge in [-0.2, -0.15) is 4.31 Å². The molecule has 0 spiro atoms. The largest absolute Gasteiger partial charge is 0.454 e. The molecule has 0 unspecified atom stereocenters. The molecule has 3 atom stereocenters. The predicted octanol–water partition coefficient (Wildman–Crippen LogP) is 3.48. The van der Waals surface area contributed by atoms with Crippen LogP contribution < -0.4 is 19.7 Å². The summed E-state index contributed by atoms with van der Waals surface area (Å²) in [5.41, 5.74) is 2.46. The summed E-state index contributed by atoms with van der Waals surface area (Å²) in [6.45, 7) is 5.55. The van der Waals surface area contributed by atoms with E-state index in [-0.39, 0.29) is 43.7 Å². The zero-order valence-corrected chi connectivity index (χ0v) is 25.7. The summed E-state index contributed by atoms with van der Waals surface area (Å²) < 4.78 is 44.9. The summed E-state index contributed by atoms with van der Waals surface area (Å²) in [5.74, 6) is 0.149. The van der Waals surface area contributed by atoms with Gasteiger partial charge >= 0.3 is 6.09 Å². The van der Waals surface area contributed by atoms with Crippen molar-refractivity contribution in [1.29, 1.82) is 0 Å². The lowest BCUT2D eigenvalue weighted by molar-refractivity contribution is -0.129. The number of aryl methyl sites for hydroxylation is 1. The molecule has 1 fully saturated rings. The topological polar surface area (TPSA) is 135 Å². The number of cyclic esters (lactones) is 1. The smallest absolute Gasteiger partial charge is 0.415 e.